The van der Waals surface area contributed by atoms with Crippen molar-refractivity contribution >= 4 is 12.1 Å². The van der Waals surface area contributed by atoms with Gasteiger partial charge in [0.2, 0.25) is 0 Å². The summed E-state index contributed by atoms with van der Waals surface area (Å²) < 4.78 is 48.2. The molecular weight excluding hydrogens is 495 g/mol. The van der Waals surface area contributed by atoms with Crippen molar-refractivity contribution in [1.82, 2.24) is 20.0 Å². The number of aliphatic carboxylic acids is 1. The number of hydrogen-bond donors (Lipinski definition) is 1. The molecule has 3 rings (SSSR count). The molecule has 37 heavy (non-hydrogen) atoms. The number of carboxylic acid groups (broad SMARTS) is 1. The normalized spacial score (nSPS) is 11.6. The molecule has 0 amide bonds. The summed E-state index contributed by atoms with van der Waals surface area (Å²) in [7, 11) is 0. The SMILES string of the molecule is Cc1cc(-c2ccc(C(F)(F)F)nc2)cc(-c2nn(CCOC(=O)OCC(C)(C)C(=O)O)nc2C#N)c1. The predicted molar refractivity (Wildman–Crippen MR) is 122 cm³/mol. The van der Waals surface area contributed by atoms with Crippen LogP contribution in [0.25, 0.3) is 22.4 Å². The zero-order valence-corrected chi connectivity index (χ0v) is 20.0. The van der Waals surface area contributed by atoms with Gasteiger partial charge in [0.25, 0.3) is 0 Å². The Kier molecular flexibility index (Phi) is 7.81. The van der Waals surface area contributed by atoms with Crippen LogP contribution < -0.4 is 0 Å². The van der Waals surface area contributed by atoms with Gasteiger partial charge in [0, 0.05) is 17.3 Å². The number of rotatable bonds is 8. The summed E-state index contributed by atoms with van der Waals surface area (Å²) in [6.45, 7) is 3.97. The summed E-state index contributed by atoms with van der Waals surface area (Å²) in [5.74, 6) is -1.13. The maximum atomic E-state index is 12.8. The Morgan fingerprint density at radius 2 is 1.78 bits per heavy atom. The minimum Gasteiger partial charge on any atom is -0.481 e. The van der Waals surface area contributed by atoms with E-state index in [-0.39, 0.29) is 31.1 Å². The molecule has 0 aliphatic rings. The van der Waals surface area contributed by atoms with Crippen molar-refractivity contribution < 1.29 is 37.3 Å². The zero-order chi connectivity index (χ0) is 27.4. The van der Waals surface area contributed by atoms with Crippen LogP contribution in [0.1, 0.15) is 30.8 Å². The second-order valence-corrected chi connectivity index (χ2v) is 8.70. The van der Waals surface area contributed by atoms with Crippen molar-refractivity contribution in [2.45, 2.75) is 33.5 Å². The number of aryl methyl sites for hydroxylation is 1. The van der Waals surface area contributed by atoms with Crippen molar-refractivity contribution in [2.24, 2.45) is 5.41 Å². The first kappa shape index (κ1) is 27.1. The average Bonchev–Trinajstić information content (AvgIpc) is 3.25. The second kappa shape index (κ2) is 10.7. The molecule has 194 valence electrons. The minimum absolute atomic E-state index is 0.00659. The Balaban J connectivity index is 1.73. The number of benzene rings is 1. The standard InChI is InChI=1S/C24H22F3N5O5/c1-14-8-16(15-4-5-19(29-12-15)24(25,26)27)10-17(9-14)20-18(11-28)30-32(31-20)6-7-36-22(35)37-13-23(2,3)21(33)34/h4-5,8-10,12H,6-7,13H2,1-3H3,(H,33,34). The van der Waals surface area contributed by atoms with E-state index in [9.17, 15) is 28.0 Å². The minimum atomic E-state index is -4.55. The molecule has 2 aromatic heterocycles. The van der Waals surface area contributed by atoms with Gasteiger partial charge in [-0.25, -0.2) is 4.79 Å². The van der Waals surface area contributed by atoms with Gasteiger partial charge in [-0.05, 0) is 50.1 Å². The highest BCUT2D eigenvalue weighted by Crippen LogP contribution is 2.31. The van der Waals surface area contributed by atoms with E-state index in [4.69, 9.17) is 14.6 Å². The highest BCUT2D eigenvalue weighted by Gasteiger charge is 2.32. The number of alkyl halides is 3. The fraction of sp³-hybridized carbons (Fsp3) is 0.333. The third kappa shape index (κ3) is 6.81. The van der Waals surface area contributed by atoms with Gasteiger partial charge in [0.15, 0.2) is 5.69 Å². The molecule has 0 aliphatic heterocycles. The molecule has 13 heteroatoms. The summed E-state index contributed by atoms with van der Waals surface area (Å²) in [6.07, 6.45) is -4.49. The van der Waals surface area contributed by atoms with Gasteiger partial charge in [-0.15, -0.1) is 5.10 Å². The number of carbonyl (C=O) groups is 2. The fourth-order valence-corrected chi connectivity index (χ4v) is 3.09. The van der Waals surface area contributed by atoms with Crippen LogP contribution in [0.2, 0.25) is 0 Å². The largest absolute Gasteiger partial charge is 0.508 e. The van der Waals surface area contributed by atoms with Gasteiger partial charge in [-0.3, -0.25) is 9.78 Å². The Bertz CT molecular complexity index is 1340. The Hall–Kier alpha value is -4.47. The first-order chi connectivity index (χ1) is 17.3. The van der Waals surface area contributed by atoms with Crippen molar-refractivity contribution in [3.8, 4) is 28.5 Å². The van der Waals surface area contributed by atoms with Crippen LogP contribution in [0.3, 0.4) is 0 Å². The zero-order valence-electron chi connectivity index (χ0n) is 20.0. The van der Waals surface area contributed by atoms with E-state index < -0.39 is 29.4 Å². The Labute approximate surface area is 209 Å². The van der Waals surface area contributed by atoms with Gasteiger partial charge in [0.1, 0.15) is 30.7 Å². The Morgan fingerprint density at radius 3 is 2.38 bits per heavy atom. The molecule has 0 radical (unpaired) electrons. The molecule has 0 saturated carbocycles. The molecular formula is C24H22F3N5O5. The number of hydrogen-bond acceptors (Lipinski definition) is 8. The van der Waals surface area contributed by atoms with Crippen LogP contribution in [0.5, 0.6) is 0 Å². The van der Waals surface area contributed by atoms with Crippen LogP contribution in [0.15, 0.2) is 36.5 Å². The third-order valence-electron chi connectivity index (χ3n) is 5.14. The summed E-state index contributed by atoms with van der Waals surface area (Å²) in [5.41, 5.74) is 0.242. The van der Waals surface area contributed by atoms with Crippen molar-refractivity contribution in [1.29, 1.82) is 5.26 Å². The van der Waals surface area contributed by atoms with Crippen molar-refractivity contribution in [2.75, 3.05) is 13.2 Å². The molecule has 0 fully saturated rings. The maximum absolute atomic E-state index is 12.8. The number of carboxylic acids is 1. The van der Waals surface area contributed by atoms with Crippen LogP contribution in [-0.4, -0.2) is 50.4 Å². The molecule has 0 aliphatic carbocycles. The summed E-state index contributed by atoms with van der Waals surface area (Å²) >= 11 is 0. The maximum Gasteiger partial charge on any atom is 0.508 e. The lowest BCUT2D eigenvalue weighted by Crippen LogP contribution is -2.30. The number of halogens is 3. The summed E-state index contributed by atoms with van der Waals surface area (Å²) in [6, 6.07) is 9.31. The molecule has 0 saturated heterocycles. The number of aromatic nitrogens is 4. The number of nitriles is 1. The van der Waals surface area contributed by atoms with E-state index in [1.807, 2.05) is 6.07 Å². The first-order valence-electron chi connectivity index (χ1n) is 10.8. The summed E-state index contributed by atoms with van der Waals surface area (Å²) in [4.78, 5) is 27.4. The highest BCUT2D eigenvalue weighted by molar-refractivity contribution is 5.75. The number of nitrogens with zero attached hydrogens (tertiary/aromatic N) is 5. The lowest BCUT2D eigenvalue weighted by atomic mass is 9.95. The van der Waals surface area contributed by atoms with Crippen LogP contribution >= 0.6 is 0 Å². The van der Waals surface area contributed by atoms with Crippen LogP contribution in [-0.2, 0) is 27.0 Å². The number of pyridine rings is 1. The third-order valence-corrected chi connectivity index (χ3v) is 5.14. The topological polar surface area (TPSA) is 140 Å². The van der Waals surface area contributed by atoms with Crippen molar-refractivity contribution in [3.63, 3.8) is 0 Å². The molecule has 0 spiro atoms. The van der Waals surface area contributed by atoms with Gasteiger partial charge >= 0.3 is 18.3 Å². The monoisotopic (exact) mass is 517 g/mol. The Morgan fingerprint density at radius 1 is 1.08 bits per heavy atom. The lowest BCUT2D eigenvalue weighted by molar-refractivity contribution is -0.149. The quantitative estimate of drug-likeness (QED) is 0.429. The van der Waals surface area contributed by atoms with E-state index in [1.165, 1.54) is 19.9 Å². The van der Waals surface area contributed by atoms with Gasteiger partial charge in [-0.1, -0.05) is 12.1 Å². The highest BCUT2D eigenvalue weighted by atomic mass is 19.4. The molecule has 0 unspecified atom stereocenters. The molecule has 2 heterocycles. The summed E-state index contributed by atoms with van der Waals surface area (Å²) in [5, 5.41) is 26.9. The van der Waals surface area contributed by atoms with Crippen LogP contribution in [0.4, 0.5) is 18.0 Å². The van der Waals surface area contributed by atoms with E-state index in [2.05, 4.69) is 15.2 Å². The molecule has 0 atom stereocenters. The number of ether oxygens (including phenoxy) is 2. The predicted octanol–water partition coefficient (Wildman–Crippen LogP) is 4.47. The first-order valence-corrected chi connectivity index (χ1v) is 10.8. The average molecular weight is 517 g/mol. The van der Waals surface area contributed by atoms with E-state index in [0.29, 0.717) is 16.7 Å². The fourth-order valence-electron chi connectivity index (χ4n) is 3.09. The van der Waals surface area contributed by atoms with Crippen LogP contribution in [0, 0.1) is 23.7 Å². The van der Waals surface area contributed by atoms with E-state index >= 15 is 0 Å². The second-order valence-electron chi connectivity index (χ2n) is 8.70. The van der Waals surface area contributed by atoms with Crippen molar-refractivity contribution in [3.05, 3.63) is 53.5 Å². The molecule has 10 nitrogen and oxygen atoms in total. The van der Waals surface area contributed by atoms with Gasteiger partial charge < -0.3 is 14.6 Å². The molecule has 1 aromatic carbocycles. The van der Waals surface area contributed by atoms with E-state index in [1.54, 1.807) is 25.1 Å². The lowest BCUT2D eigenvalue weighted by Gasteiger charge is -2.18. The number of carbonyl (C=O) groups excluding carboxylic acids is 1. The molecule has 1 N–H and O–H groups in total. The van der Waals surface area contributed by atoms with Gasteiger partial charge in [-0.2, -0.15) is 28.3 Å². The molecule has 0 bridgehead atoms. The van der Waals surface area contributed by atoms with E-state index in [0.717, 1.165) is 22.6 Å². The smallest absolute Gasteiger partial charge is 0.481 e. The molecule has 3 aromatic rings. The van der Waals surface area contributed by atoms with Gasteiger partial charge in [0.05, 0.1) is 12.0 Å².